The molecule has 10 nitrogen and oxygen atoms in total. The Morgan fingerprint density at radius 2 is 1.59 bits per heavy atom. The van der Waals surface area contributed by atoms with Crippen molar-refractivity contribution in [2.45, 2.75) is 27.3 Å². The van der Waals surface area contributed by atoms with Crippen molar-refractivity contribution in [3.05, 3.63) is 88.5 Å². The second-order valence-corrected chi connectivity index (χ2v) is 7.66. The third-order valence-corrected chi connectivity index (χ3v) is 5.03. The number of anilines is 5. The number of rotatable bonds is 7. The fraction of sp³-hybridized carbons (Fsp3) is 0.167. The van der Waals surface area contributed by atoms with Gasteiger partial charge in [0.25, 0.3) is 5.56 Å². The van der Waals surface area contributed by atoms with Crippen molar-refractivity contribution >= 4 is 34.7 Å². The molecule has 10 heteroatoms. The molecule has 0 aliphatic rings. The van der Waals surface area contributed by atoms with Crippen LogP contribution in [0.15, 0.2) is 65.8 Å². The van der Waals surface area contributed by atoms with Gasteiger partial charge in [-0.3, -0.25) is 14.2 Å². The minimum Gasteiger partial charge on any atom is -0.340 e. The van der Waals surface area contributed by atoms with Crippen LogP contribution >= 0.6 is 0 Å². The van der Waals surface area contributed by atoms with Gasteiger partial charge in [-0.15, -0.1) is 0 Å². The fourth-order valence-electron chi connectivity index (χ4n) is 3.19. The van der Waals surface area contributed by atoms with E-state index in [2.05, 4.69) is 35.9 Å². The Hall–Kier alpha value is -4.60. The molecule has 34 heavy (non-hydrogen) atoms. The molecule has 0 saturated heterocycles. The number of amides is 1. The average Bonchev–Trinajstić information content (AvgIpc) is 2.81. The summed E-state index contributed by atoms with van der Waals surface area (Å²) in [5, 5.41) is 9.18. The van der Waals surface area contributed by atoms with Gasteiger partial charge in [0.1, 0.15) is 29.8 Å². The zero-order valence-corrected chi connectivity index (χ0v) is 19.0. The summed E-state index contributed by atoms with van der Waals surface area (Å²) >= 11 is 0. The van der Waals surface area contributed by atoms with E-state index < -0.39 is 0 Å². The minimum absolute atomic E-state index is 0.112. The Bertz CT molecular complexity index is 1370. The van der Waals surface area contributed by atoms with Crippen LogP contribution in [0.2, 0.25) is 0 Å². The number of nitrogens with one attached hydrogen (secondary N) is 3. The first-order valence-electron chi connectivity index (χ1n) is 10.6. The third-order valence-electron chi connectivity index (χ3n) is 5.03. The zero-order valence-electron chi connectivity index (χ0n) is 19.0. The Kier molecular flexibility index (Phi) is 6.58. The number of benzene rings is 1. The van der Waals surface area contributed by atoms with Crippen LogP contribution < -0.4 is 21.5 Å². The van der Waals surface area contributed by atoms with Crippen LogP contribution in [0.1, 0.15) is 17.1 Å². The van der Waals surface area contributed by atoms with Crippen LogP contribution in [-0.2, 0) is 11.3 Å². The van der Waals surface area contributed by atoms with Crippen LogP contribution in [0, 0.1) is 20.8 Å². The SMILES string of the molecule is Cc1nc(Nc2ccc(NC(=O)Cn3cnc(C)c(C)c3=O)cc2)cc(Nc2ccccn2)n1. The Morgan fingerprint density at radius 3 is 2.29 bits per heavy atom. The van der Waals surface area contributed by atoms with Gasteiger partial charge in [0.15, 0.2) is 0 Å². The maximum atomic E-state index is 12.4. The molecule has 0 fully saturated rings. The maximum absolute atomic E-state index is 12.4. The van der Waals surface area contributed by atoms with Crippen molar-refractivity contribution in [3.8, 4) is 0 Å². The van der Waals surface area contributed by atoms with Crippen molar-refractivity contribution in [3.63, 3.8) is 0 Å². The van der Waals surface area contributed by atoms with E-state index in [1.54, 1.807) is 38.2 Å². The van der Waals surface area contributed by atoms with Gasteiger partial charge in [-0.25, -0.2) is 19.9 Å². The van der Waals surface area contributed by atoms with E-state index in [9.17, 15) is 9.59 Å². The average molecular weight is 457 g/mol. The van der Waals surface area contributed by atoms with Crippen LogP contribution in [0.5, 0.6) is 0 Å². The van der Waals surface area contributed by atoms with Gasteiger partial charge in [-0.2, -0.15) is 0 Å². The van der Waals surface area contributed by atoms with E-state index in [1.807, 2.05) is 37.3 Å². The topological polar surface area (TPSA) is 127 Å². The van der Waals surface area contributed by atoms with Crippen LogP contribution in [0.4, 0.5) is 28.8 Å². The first-order chi connectivity index (χ1) is 16.4. The van der Waals surface area contributed by atoms with E-state index in [0.717, 1.165) is 5.69 Å². The lowest BCUT2D eigenvalue weighted by Crippen LogP contribution is -2.29. The molecule has 0 aliphatic carbocycles. The van der Waals surface area contributed by atoms with Crippen LogP contribution in [0.3, 0.4) is 0 Å². The lowest BCUT2D eigenvalue weighted by molar-refractivity contribution is -0.116. The second-order valence-electron chi connectivity index (χ2n) is 7.66. The molecular formula is C24H24N8O2. The maximum Gasteiger partial charge on any atom is 0.256 e. The van der Waals surface area contributed by atoms with Gasteiger partial charge in [-0.05, 0) is 57.2 Å². The number of aryl methyl sites for hydroxylation is 2. The quantitative estimate of drug-likeness (QED) is 0.386. The second kappa shape index (κ2) is 9.90. The first-order valence-corrected chi connectivity index (χ1v) is 10.6. The summed E-state index contributed by atoms with van der Waals surface area (Å²) in [6.45, 7) is 5.15. The summed E-state index contributed by atoms with van der Waals surface area (Å²) in [6, 6.07) is 14.5. The number of aromatic nitrogens is 5. The minimum atomic E-state index is -0.315. The van der Waals surface area contributed by atoms with E-state index in [4.69, 9.17) is 0 Å². The fourth-order valence-corrected chi connectivity index (χ4v) is 3.19. The van der Waals surface area contributed by atoms with Gasteiger partial charge >= 0.3 is 0 Å². The predicted molar refractivity (Wildman–Crippen MR) is 131 cm³/mol. The van der Waals surface area contributed by atoms with Gasteiger partial charge in [0.2, 0.25) is 5.91 Å². The zero-order chi connectivity index (χ0) is 24.1. The number of nitrogens with zero attached hydrogens (tertiary/aromatic N) is 5. The van der Waals surface area contributed by atoms with Crippen LogP contribution in [-0.4, -0.2) is 30.4 Å². The van der Waals surface area contributed by atoms with E-state index in [0.29, 0.717) is 40.2 Å². The van der Waals surface area contributed by atoms with Crippen LogP contribution in [0.25, 0.3) is 0 Å². The van der Waals surface area contributed by atoms with Gasteiger partial charge in [0.05, 0.1) is 6.33 Å². The molecule has 0 atom stereocenters. The number of hydrogen-bond acceptors (Lipinski definition) is 8. The van der Waals surface area contributed by atoms with E-state index >= 15 is 0 Å². The molecule has 4 aromatic rings. The molecule has 3 heterocycles. The molecule has 0 unspecified atom stereocenters. The summed E-state index contributed by atoms with van der Waals surface area (Å²) in [7, 11) is 0. The smallest absolute Gasteiger partial charge is 0.256 e. The third kappa shape index (κ3) is 5.60. The van der Waals surface area contributed by atoms with E-state index in [1.165, 1.54) is 10.9 Å². The van der Waals surface area contributed by atoms with Gasteiger partial charge in [-0.1, -0.05) is 6.07 Å². The van der Waals surface area contributed by atoms with Crippen molar-refractivity contribution in [2.24, 2.45) is 0 Å². The van der Waals surface area contributed by atoms with Gasteiger partial charge in [0, 0.05) is 34.9 Å². The van der Waals surface area contributed by atoms with Crippen molar-refractivity contribution in [1.82, 2.24) is 24.5 Å². The van der Waals surface area contributed by atoms with Crippen molar-refractivity contribution < 1.29 is 4.79 Å². The molecule has 1 amide bonds. The summed E-state index contributed by atoms with van der Waals surface area (Å²) < 4.78 is 1.29. The highest BCUT2D eigenvalue weighted by Crippen LogP contribution is 2.21. The molecule has 172 valence electrons. The van der Waals surface area contributed by atoms with E-state index in [-0.39, 0.29) is 18.0 Å². The summed E-state index contributed by atoms with van der Waals surface area (Å²) in [6.07, 6.45) is 3.09. The summed E-state index contributed by atoms with van der Waals surface area (Å²) in [5.41, 5.74) is 2.36. The lowest BCUT2D eigenvalue weighted by Gasteiger charge is -2.11. The molecular weight excluding hydrogens is 432 g/mol. The van der Waals surface area contributed by atoms with Crippen molar-refractivity contribution in [2.75, 3.05) is 16.0 Å². The van der Waals surface area contributed by atoms with Gasteiger partial charge < -0.3 is 16.0 Å². The number of carbonyl (C=O) groups excluding carboxylic acids is 1. The molecule has 4 rings (SSSR count). The molecule has 3 aromatic heterocycles. The normalized spacial score (nSPS) is 10.6. The summed E-state index contributed by atoms with van der Waals surface area (Å²) in [4.78, 5) is 41.8. The molecule has 3 N–H and O–H groups in total. The first kappa shape index (κ1) is 22.6. The highest BCUT2D eigenvalue weighted by atomic mass is 16.2. The molecule has 0 saturated carbocycles. The standard InChI is InChI=1S/C24H24N8O2/c1-15-16(2)26-14-32(24(15)34)13-23(33)30-19-9-7-18(8-10-19)29-21-12-22(28-17(3)27-21)31-20-6-4-5-11-25-20/h4-12,14H,13H2,1-3H3,(H,30,33)(H2,25,27,28,29,31). The Morgan fingerprint density at radius 1 is 0.882 bits per heavy atom. The monoisotopic (exact) mass is 456 g/mol. The molecule has 0 aliphatic heterocycles. The Labute approximate surface area is 196 Å². The Balaban J connectivity index is 1.40. The highest BCUT2D eigenvalue weighted by molar-refractivity contribution is 5.90. The number of pyridine rings is 1. The number of carbonyl (C=O) groups is 1. The molecule has 0 bridgehead atoms. The molecule has 0 radical (unpaired) electrons. The number of hydrogen-bond donors (Lipinski definition) is 3. The summed E-state index contributed by atoms with van der Waals surface area (Å²) in [5.74, 6) is 2.20. The van der Waals surface area contributed by atoms with Crippen molar-refractivity contribution in [1.29, 1.82) is 0 Å². The predicted octanol–water partition coefficient (Wildman–Crippen LogP) is 3.48. The molecule has 1 aromatic carbocycles. The highest BCUT2D eigenvalue weighted by Gasteiger charge is 2.09. The molecule has 0 spiro atoms. The largest absolute Gasteiger partial charge is 0.340 e. The lowest BCUT2D eigenvalue weighted by atomic mass is 10.2.